The molecule has 0 fully saturated rings. The van der Waals surface area contributed by atoms with Gasteiger partial charge in [-0.1, -0.05) is 12.1 Å². The number of benzene rings is 1. The summed E-state index contributed by atoms with van der Waals surface area (Å²) in [6.07, 6.45) is 4.00. The Morgan fingerprint density at radius 2 is 2.06 bits per heavy atom. The molecule has 2 aromatic rings. The smallest absolute Gasteiger partial charge is 0.134 e. The van der Waals surface area contributed by atoms with Gasteiger partial charge in [0.1, 0.15) is 18.1 Å². The van der Waals surface area contributed by atoms with Crippen LogP contribution in [0, 0.1) is 0 Å². The molecule has 0 amide bonds. The maximum absolute atomic E-state index is 11.0. The normalized spacial score (nSPS) is 10.3. The number of carbonyl (C=O) groups excluding carboxylic acids is 1. The number of Topliss-reactive ketones (excluding diaryl/α,β-unsaturated/α-hetero) is 1. The summed E-state index contributed by atoms with van der Waals surface area (Å²) in [5.41, 5.74) is 2.03. The monoisotopic (exact) mass is 244 g/mol. The Balaban J connectivity index is 1.94. The number of carbonyl (C=O) groups is 1. The number of ketones is 1. The van der Waals surface area contributed by atoms with E-state index >= 15 is 0 Å². The lowest BCUT2D eigenvalue weighted by molar-refractivity contribution is -0.116. The highest BCUT2D eigenvalue weighted by molar-refractivity contribution is 5.78. The van der Waals surface area contributed by atoms with E-state index in [0.29, 0.717) is 13.0 Å². The summed E-state index contributed by atoms with van der Waals surface area (Å²) >= 11 is 0. The van der Waals surface area contributed by atoms with Gasteiger partial charge in [-0.2, -0.15) is 0 Å². The Bertz CT molecular complexity index is 529. The molecule has 1 aromatic heterocycles. The lowest BCUT2D eigenvalue weighted by Crippen LogP contribution is -2.01. The van der Waals surface area contributed by atoms with Crippen LogP contribution in [0.3, 0.4) is 0 Å². The van der Waals surface area contributed by atoms with E-state index in [2.05, 4.69) is 4.98 Å². The largest absolute Gasteiger partial charge is 0.487 e. The first-order valence-corrected chi connectivity index (χ1v) is 5.81. The van der Waals surface area contributed by atoms with Crippen molar-refractivity contribution in [3.05, 3.63) is 48.0 Å². The standard InChI is InChI=1S/C14H16N2O2/c1-11(17)7-12-3-5-14(6-4-12)18-9-13-8-15-10-16(13)2/h3-6,8,10H,7,9H2,1-2H3. The summed E-state index contributed by atoms with van der Waals surface area (Å²) in [5, 5.41) is 0. The lowest BCUT2D eigenvalue weighted by Gasteiger charge is -2.07. The van der Waals surface area contributed by atoms with E-state index in [1.54, 1.807) is 19.4 Å². The van der Waals surface area contributed by atoms with E-state index in [9.17, 15) is 4.79 Å². The second-order valence-electron chi connectivity index (χ2n) is 4.31. The number of aryl methyl sites for hydroxylation is 1. The molecule has 1 heterocycles. The quantitative estimate of drug-likeness (QED) is 0.809. The first-order valence-electron chi connectivity index (χ1n) is 5.81. The van der Waals surface area contributed by atoms with Gasteiger partial charge in [0.25, 0.3) is 0 Å². The maximum atomic E-state index is 11.0. The maximum Gasteiger partial charge on any atom is 0.134 e. The summed E-state index contributed by atoms with van der Waals surface area (Å²) in [6.45, 7) is 2.08. The highest BCUT2D eigenvalue weighted by Crippen LogP contribution is 2.14. The second-order valence-corrected chi connectivity index (χ2v) is 4.31. The number of rotatable bonds is 5. The van der Waals surface area contributed by atoms with E-state index < -0.39 is 0 Å². The van der Waals surface area contributed by atoms with Gasteiger partial charge in [-0.15, -0.1) is 0 Å². The van der Waals surface area contributed by atoms with Gasteiger partial charge in [0.2, 0.25) is 0 Å². The van der Waals surface area contributed by atoms with Gasteiger partial charge in [-0.05, 0) is 24.6 Å². The van der Waals surface area contributed by atoms with Crippen molar-refractivity contribution < 1.29 is 9.53 Å². The van der Waals surface area contributed by atoms with Gasteiger partial charge in [-0.25, -0.2) is 4.98 Å². The van der Waals surface area contributed by atoms with E-state index in [1.165, 1.54) is 0 Å². The molecule has 0 aliphatic rings. The number of hydrogen-bond acceptors (Lipinski definition) is 3. The Hall–Kier alpha value is -2.10. The van der Waals surface area contributed by atoms with E-state index in [0.717, 1.165) is 17.0 Å². The van der Waals surface area contributed by atoms with Crippen LogP contribution in [0.2, 0.25) is 0 Å². The van der Waals surface area contributed by atoms with Crippen molar-refractivity contribution in [1.29, 1.82) is 0 Å². The zero-order valence-electron chi connectivity index (χ0n) is 10.6. The first kappa shape index (κ1) is 12.4. The number of imidazole rings is 1. The van der Waals surface area contributed by atoms with E-state index in [1.807, 2.05) is 35.9 Å². The average molecular weight is 244 g/mol. The number of aromatic nitrogens is 2. The van der Waals surface area contributed by atoms with Crippen LogP contribution < -0.4 is 4.74 Å². The van der Waals surface area contributed by atoms with Crippen LogP contribution >= 0.6 is 0 Å². The molecule has 0 N–H and O–H groups in total. The number of hydrogen-bond donors (Lipinski definition) is 0. The van der Waals surface area contributed by atoms with Gasteiger partial charge in [-0.3, -0.25) is 4.79 Å². The predicted octanol–water partition coefficient (Wildman–Crippen LogP) is 2.13. The topological polar surface area (TPSA) is 44.1 Å². The van der Waals surface area contributed by atoms with Crippen molar-refractivity contribution in [1.82, 2.24) is 9.55 Å². The molecule has 0 radical (unpaired) electrons. The van der Waals surface area contributed by atoms with Gasteiger partial charge in [0.05, 0.1) is 18.2 Å². The molecule has 18 heavy (non-hydrogen) atoms. The fraction of sp³-hybridized carbons (Fsp3) is 0.286. The van der Waals surface area contributed by atoms with Crippen LogP contribution in [0.25, 0.3) is 0 Å². The third-order valence-electron chi connectivity index (χ3n) is 2.68. The van der Waals surface area contributed by atoms with Crippen molar-refractivity contribution in [2.45, 2.75) is 20.0 Å². The fourth-order valence-electron chi connectivity index (χ4n) is 1.67. The first-order chi connectivity index (χ1) is 8.65. The third-order valence-corrected chi connectivity index (χ3v) is 2.68. The minimum Gasteiger partial charge on any atom is -0.487 e. The minimum atomic E-state index is 0.165. The highest BCUT2D eigenvalue weighted by atomic mass is 16.5. The van der Waals surface area contributed by atoms with Gasteiger partial charge in [0, 0.05) is 13.5 Å². The Labute approximate surface area is 106 Å². The molecular formula is C14H16N2O2. The minimum absolute atomic E-state index is 0.165. The molecule has 94 valence electrons. The zero-order valence-corrected chi connectivity index (χ0v) is 10.6. The Kier molecular flexibility index (Phi) is 3.77. The summed E-state index contributed by atoms with van der Waals surface area (Å²) in [6, 6.07) is 7.60. The van der Waals surface area contributed by atoms with Crippen molar-refractivity contribution in [3.63, 3.8) is 0 Å². The third kappa shape index (κ3) is 3.20. The molecule has 0 bridgehead atoms. The van der Waals surface area contributed by atoms with Crippen LogP contribution in [0.1, 0.15) is 18.2 Å². The molecule has 0 spiro atoms. The van der Waals surface area contributed by atoms with Crippen LogP contribution in [0.5, 0.6) is 5.75 Å². The molecule has 0 aliphatic carbocycles. The van der Waals surface area contributed by atoms with Crippen molar-refractivity contribution in [3.8, 4) is 5.75 Å². The van der Waals surface area contributed by atoms with Crippen LogP contribution in [0.15, 0.2) is 36.8 Å². The number of nitrogens with zero attached hydrogens (tertiary/aromatic N) is 2. The molecule has 0 saturated carbocycles. The molecule has 4 nitrogen and oxygen atoms in total. The molecule has 0 saturated heterocycles. The Morgan fingerprint density at radius 1 is 1.33 bits per heavy atom. The fourth-order valence-corrected chi connectivity index (χ4v) is 1.67. The molecule has 1 aromatic carbocycles. The van der Waals surface area contributed by atoms with Crippen LogP contribution in [-0.4, -0.2) is 15.3 Å². The Morgan fingerprint density at radius 3 is 2.61 bits per heavy atom. The van der Waals surface area contributed by atoms with Crippen LogP contribution in [0.4, 0.5) is 0 Å². The highest BCUT2D eigenvalue weighted by Gasteiger charge is 2.01. The van der Waals surface area contributed by atoms with Gasteiger partial charge >= 0.3 is 0 Å². The van der Waals surface area contributed by atoms with Crippen molar-refractivity contribution in [2.75, 3.05) is 0 Å². The molecule has 4 heteroatoms. The molecule has 0 atom stereocenters. The lowest BCUT2D eigenvalue weighted by atomic mass is 10.1. The molecular weight excluding hydrogens is 228 g/mol. The van der Waals surface area contributed by atoms with Crippen molar-refractivity contribution >= 4 is 5.78 Å². The average Bonchev–Trinajstić information content (AvgIpc) is 2.73. The second kappa shape index (κ2) is 5.49. The van der Waals surface area contributed by atoms with E-state index in [4.69, 9.17) is 4.74 Å². The summed E-state index contributed by atoms with van der Waals surface area (Å²) < 4.78 is 7.57. The van der Waals surface area contributed by atoms with Gasteiger partial charge in [0.15, 0.2) is 0 Å². The summed E-state index contributed by atoms with van der Waals surface area (Å²) in [4.78, 5) is 15.0. The van der Waals surface area contributed by atoms with E-state index in [-0.39, 0.29) is 5.78 Å². The molecule has 2 rings (SSSR count). The van der Waals surface area contributed by atoms with Crippen molar-refractivity contribution in [2.24, 2.45) is 7.05 Å². The zero-order chi connectivity index (χ0) is 13.0. The number of ether oxygens (including phenoxy) is 1. The summed E-state index contributed by atoms with van der Waals surface area (Å²) in [5.74, 6) is 0.960. The summed E-state index contributed by atoms with van der Waals surface area (Å²) in [7, 11) is 1.93. The molecule has 0 unspecified atom stereocenters. The predicted molar refractivity (Wildman–Crippen MR) is 68.4 cm³/mol. The van der Waals surface area contributed by atoms with Crippen LogP contribution in [-0.2, 0) is 24.9 Å². The molecule has 0 aliphatic heterocycles. The van der Waals surface area contributed by atoms with Gasteiger partial charge < -0.3 is 9.30 Å². The SMILES string of the molecule is CC(=O)Cc1ccc(OCc2cncn2C)cc1.